The molecule has 2 saturated heterocycles. The van der Waals surface area contributed by atoms with E-state index in [1.165, 1.54) is 6.42 Å². The van der Waals surface area contributed by atoms with Gasteiger partial charge in [0.25, 0.3) is 0 Å². The van der Waals surface area contributed by atoms with Crippen LogP contribution in [-0.4, -0.2) is 67.0 Å². The maximum absolute atomic E-state index is 4.99. The molecule has 0 N–H and O–H groups in total. The minimum Gasteiger partial charge on any atom is -0.351 e. The second kappa shape index (κ2) is 5.26. The standard InChI is InChI=1S/C17H22N8/c1-11-4-5-23(11)17-16-18-10-20-25(16)12(2)15(21-17)13-6-19-24(7-13)14-8-22(3)9-14/h6-7,10-11,14H,4-5,8-9H2,1-3H3/t11-/m0/s1. The largest absolute Gasteiger partial charge is 0.351 e. The van der Waals surface area contributed by atoms with Gasteiger partial charge in [-0.05, 0) is 27.3 Å². The van der Waals surface area contributed by atoms with Crippen LogP contribution in [0.1, 0.15) is 25.1 Å². The fourth-order valence-corrected chi connectivity index (χ4v) is 3.77. The van der Waals surface area contributed by atoms with Gasteiger partial charge < -0.3 is 9.80 Å². The van der Waals surface area contributed by atoms with Crippen LogP contribution in [0.2, 0.25) is 0 Å². The van der Waals surface area contributed by atoms with E-state index in [2.05, 4.69) is 49.8 Å². The van der Waals surface area contributed by atoms with Gasteiger partial charge in [-0.2, -0.15) is 10.2 Å². The van der Waals surface area contributed by atoms with Crippen molar-refractivity contribution in [3.05, 3.63) is 24.4 Å². The highest BCUT2D eigenvalue weighted by Gasteiger charge is 2.30. The van der Waals surface area contributed by atoms with Crippen LogP contribution in [0, 0.1) is 6.92 Å². The Balaban J connectivity index is 1.60. The number of aryl methyl sites for hydroxylation is 1. The van der Waals surface area contributed by atoms with Gasteiger partial charge in [0.1, 0.15) is 6.33 Å². The third-order valence-corrected chi connectivity index (χ3v) is 5.51. The smallest absolute Gasteiger partial charge is 0.198 e. The summed E-state index contributed by atoms with van der Waals surface area (Å²) in [7, 11) is 2.13. The van der Waals surface area contributed by atoms with Gasteiger partial charge in [0.15, 0.2) is 11.5 Å². The van der Waals surface area contributed by atoms with Crippen LogP contribution in [0.3, 0.4) is 0 Å². The Kier molecular flexibility index (Phi) is 3.12. The quantitative estimate of drug-likeness (QED) is 0.719. The molecule has 5 heterocycles. The molecule has 2 fully saturated rings. The Bertz CT molecular complexity index is 935. The lowest BCUT2D eigenvalue weighted by atomic mass is 10.1. The van der Waals surface area contributed by atoms with E-state index in [1.54, 1.807) is 6.33 Å². The van der Waals surface area contributed by atoms with Crippen LogP contribution in [-0.2, 0) is 0 Å². The van der Waals surface area contributed by atoms with Crippen molar-refractivity contribution >= 4 is 11.5 Å². The first-order valence-corrected chi connectivity index (χ1v) is 8.82. The van der Waals surface area contributed by atoms with Crippen molar-refractivity contribution in [2.75, 3.05) is 31.6 Å². The third-order valence-electron chi connectivity index (χ3n) is 5.51. The zero-order valence-electron chi connectivity index (χ0n) is 14.8. The summed E-state index contributed by atoms with van der Waals surface area (Å²) in [5.41, 5.74) is 3.81. The maximum atomic E-state index is 4.99. The van der Waals surface area contributed by atoms with Gasteiger partial charge in [-0.3, -0.25) is 4.68 Å². The van der Waals surface area contributed by atoms with Crippen molar-refractivity contribution in [3.8, 4) is 11.3 Å². The highest BCUT2D eigenvalue weighted by Crippen LogP contribution is 2.32. The summed E-state index contributed by atoms with van der Waals surface area (Å²) in [5, 5.41) is 8.99. The lowest BCUT2D eigenvalue weighted by molar-refractivity contribution is 0.130. The Morgan fingerprint density at radius 1 is 1.20 bits per heavy atom. The molecule has 2 aliphatic heterocycles. The minimum absolute atomic E-state index is 0.462. The zero-order valence-corrected chi connectivity index (χ0v) is 14.8. The number of nitrogens with zero attached hydrogens (tertiary/aromatic N) is 8. The molecule has 0 bridgehead atoms. The van der Waals surface area contributed by atoms with E-state index in [0.29, 0.717) is 12.1 Å². The molecule has 0 saturated carbocycles. The second-order valence-corrected chi connectivity index (χ2v) is 7.28. The molecule has 25 heavy (non-hydrogen) atoms. The summed E-state index contributed by atoms with van der Waals surface area (Å²) in [6.45, 7) is 7.38. The van der Waals surface area contributed by atoms with E-state index in [9.17, 15) is 0 Å². The molecular formula is C17H22N8. The van der Waals surface area contributed by atoms with Gasteiger partial charge in [0.05, 0.1) is 23.6 Å². The van der Waals surface area contributed by atoms with Crippen LogP contribution in [0.5, 0.6) is 0 Å². The van der Waals surface area contributed by atoms with Crippen LogP contribution < -0.4 is 4.90 Å². The van der Waals surface area contributed by atoms with E-state index < -0.39 is 0 Å². The topological polar surface area (TPSA) is 67.4 Å². The SMILES string of the molecule is Cc1c(-c2cnn(C3CN(C)C3)c2)nc(N2CC[C@@H]2C)c2ncnn12. The van der Waals surface area contributed by atoms with Crippen LogP contribution in [0.4, 0.5) is 5.82 Å². The molecule has 3 aromatic heterocycles. The molecule has 2 aliphatic rings. The molecule has 8 nitrogen and oxygen atoms in total. The van der Waals surface area contributed by atoms with Crippen LogP contribution in [0.25, 0.3) is 16.9 Å². The van der Waals surface area contributed by atoms with E-state index in [4.69, 9.17) is 4.98 Å². The number of hydrogen-bond acceptors (Lipinski definition) is 6. The predicted octanol–water partition coefficient (Wildman–Crippen LogP) is 1.38. The van der Waals surface area contributed by atoms with E-state index in [0.717, 1.165) is 48.1 Å². The highest BCUT2D eigenvalue weighted by atomic mass is 15.4. The normalized spacial score (nSPS) is 21.6. The molecule has 130 valence electrons. The fraction of sp³-hybridized carbons (Fsp3) is 0.529. The summed E-state index contributed by atoms with van der Waals surface area (Å²) in [6.07, 6.45) is 6.83. The Hall–Kier alpha value is -2.48. The summed E-state index contributed by atoms with van der Waals surface area (Å²) in [6, 6.07) is 0.959. The average molecular weight is 338 g/mol. The van der Waals surface area contributed by atoms with E-state index in [-0.39, 0.29) is 0 Å². The summed E-state index contributed by atoms with van der Waals surface area (Å²) < 4.78 is 3.96. The van der Waals surface area contributed by atoms with Gasteiger partial charge in [-0.15, -0.1) is 0 Å². The fourth-order valence-electron chi connectivity index (χ4n) is 3.77. The number of hydrogen-bond donors (Lipinski definition) is 0. The summed E-state index contributed by atoms with van der Waals surface area (Å²) >= 11 is 0. The second-order valence-electron chi connectivity index (χ2n) is 7.28. The van der Waals surface area contributed by atoms with Crippen molar-refractivity contribution in [3.63, 3.8) is 0 Å². The lowest BCUT2D eigenvalue weighted by Gasteiger charge is -2.39. The molecule has 0 radical (unpaired) electrons. The Labute approximate surface area is 146 Å². The number of likely N-dealkylation sites (tertiary alicyclic amines) is 1. The van der Waals surface area contributed by atoms with Crippen molar-refractivity contribution in [2.45, 2.75) is 32.4 Å². The maximum Gasteiger partial charge on any atom is 0.198 e. The Morgan fingerprint density at radius 3 is 2.72 bits per heavy atom. The van der Waals surface area contributed by atoms with Crippen molar-refractivity contribution < 1.29 is 0 Å². The molecule has 1 atom stereocenters. The predicted molar refractivity (Wildman–Crippen MR) is 94.7 cm³/mol. The van der Waals surface area contributed by atoms with Crippen molar-refractivity contribution in [1.29, 1.82) is 0 Å². The number of likely N-dealkylation sites (N-methyl/N-ethyl adjacent to an activating group) is 1. The van der Waals surface area contributed by atoms with Crippen LogP contribution >= 0.6 is 0 Å². The van der Waals surface area contributed by atoms with Gasteiger partial charge in [-0.1, -0.05) is 0 Å². The molecule has 5 rings (SSSR count). The van der Waals surface area contributed by atoms with Gasteiger partial charge >= 0.3 is 0 Å². The molecule has 0 aromatic carbocycles. The van der Waals surface area contributed by atoms with E-state index >= 15 is 0 Å². The number of fused-ring (bicyclic) bond motifs is 1. The first-order valence-electron chi connectivity index (χ1n) is 8.82. The Morgan fingerprint density at radius 2 is 2.04 bits per heavy atom. The van der Waals surface area contributed by atoms with Gasteiger partial charge in [-0.25, -0.2) is 14.5 Å². The van der Waals surface area contributed by atoms with Gasteiger partial charge in [0.2, 0.25) is 0 Å². The third kappa shape index (κ3) is 2.17. The molecule has 0 aliphatic carbocycles. The summed E-state index contributed by atoms with van der Waals surface area (Å²) in [4.78, 5) is 14.0. The lowest BCUT2D eigenvalue weighted by Crippen LogP contribution is -2.46. The number of anilines is 1. The molecule has 8 heteroatoms. The molecule has 0 amide bonds. The zero-order chi connectivity index (χ0) is 17.1. The number of aromatic nitrogens is 6. The van der Waals surface area contributed by atoms with Crippen molar-refractivity contribution in [2.24, 2.45) is 0 Å². The summed E-state index contributed by atoms with van der Waals surface area (Å²) in [5.74, 6) is 0.924. The van der Waals surface area contributed by atoms with Crippen molar-refractivity contribution in [1.82, 2.24) is 34.3 Å². The van der Waals surface area contributed by atoms with Crippen LogP contribution in [0.15, 0.2) is 18.7 Å². The molecular weight excluding hydrogens is 316 g/mol. The van der Waals surface area contributed by atoms with E-state index in [1.807, 2.05) is 17.6 Å². The highest BCUT2D eigenvalue weighted by molar-refractivity contribution is 5.72. The minimum atomic E-state index is 0.462. The molecule has 0 spiro atoms. The molecule has 3 aromatic rings. The molecule has 0 unspecified atom stereocenters. The monoisotopic (exact) mass is 338 g/mol. The first-order chi connectivity index (χ1) is 12.1. The average Bonchev–Trinajstić information content (AvgIpc) is 3.22. The van der Waals surface area contributed by atoms with Gasteiger partial charge in [0, 0.05) is 37.4 Å². The first kappa shape index (κ1) is 14.8. The number of rotatable bonds is 3.